The lowest BCUT2D eigenvalue weighted by atomic mass is 9.74. The summed E-state index contributed by atoms with van der Waals surface area (Å²) in [5.74, 6) is 0. The Kier molecular flexibility index (Phi) is 5.16. The fourth-order valence-electron chi connectivity index (χ4n) is 4.58. The van der Waals surface area contributed by atoms with E-state index in [0.29, 0.717) is 5.69 Å². The Balaban J connectivity index is 1.40. The maximum Gasteiger partial charge on any atom is 0.229 e. The molecule has 2 heterocycles. The van der Waals surface area contributed by atoms with Gasteiger partial charge in [-0.2, -0.15) is 0 Å². The standard InChI is InChI=1S/C21H27N3O3S/c1-28(26,27)23-18-6-5-16-15-21(20(25)19(16)14-18)8-12-24(13-9-21)11-7-17-4-2-3-10-22-17/h2-6,10,14,20,23,25H,7-9,11-13,15H2,1H3. The first-order valence-electron chi connectivity index (χ1n) is 9.76. The Bertz CT molecular complexity index is 939. The lowest BCUT2D eigenvalue weighted by molar-refractivity contribution is -0.0121. The molecule has 0 amide bonds. The number of hydrogen-bond donors (Lipinski definition) is 2. The lowest BCUT2D eigenvalue weighted by Crippen LogP contribution is -2.43. The second-order valence-electron chi connectivity index (χ2n) is 8.14. The van der Waals surface area contributed by atoms with E-state index in [4.69, 9.17) is 0 Å². The van der Waals surface area contributed by atoms with Gasteiger partial charge in [0.2, 0.25) is 10.0 Å². The Morgan fingerprint density at radius 3 is 2.71 bits per heavy atom. The maximum atomic E-state index is 11.5. The average molecular weight is 402 g/mol. The average Bonchev–Trinajstić information content (AvgIpc) is 2.93. The zero-order chi connectivity index (χ0) is 19.8. The van der Waals surface area contributed by atoms with E-state index in [1.54, 1.807) is 12.1 Å². The summed E-state index contributed by atoms with van der Waals surface area (Å²) < 4.78 is 25.5. The van der Waals surface area contributed by atoms with E-state index in [1.165, 1.54) is 0 Å². The van der Waals surface area contributed by atoms with Crippen molar-refractivity contribution in [2.75, 3.05) is 30.6 Å². The van der Waals surface area contributed by atoms with Gasteiger partial charge in [0.1, 0.15) is 0 Å². The van der Waals surface area contributed by atoms with Gasteiger partial charge in [-0.1, -0.05) is 12.1 Å². The smallest absolute Gasteiger partial charge is 0.229 e. The first-order chi connectivity index (χ1) is 13.3. The fraction of sp³-hybridized carbons (Fsp3) is 0.476. The van der Waals surface area contributed by atoms with Crippen LogP contribution in [0, 0.1) is 5.41 Å². The zero-order valence-electron chi connectivity index (χ0n) is 16.1. The number of pyridine rings is 1. The third kappa shape index (κ3) is 4.06. The van der Waals surface area contributed by atoms with Crippen molar-refractivity contribution < 1.29 is 13.5 Å². The minimum Gasteiger partial charge on any atom is -0.388 e. The number of fused-ring (bicyclic) bond motifs is 1. The molecule has 1 fully saturated rings. The molecule has 1 aliphatic heterocycles. The molecule has 28 heavy (non-hydrogen) atoms. The van der Waals surface area contributed by atoms with E-state index in [1.807, 2.05) is 24.4 Å². The first-order valence-corrected chi connectivity index (χ1v) is 11.6. The SMILES string of the molecule is CS(=O)(=O)Nc1ccc2c(c1)C(O)C1(CCN(CCc3ccccn3)CC1)C2. The molecule has 1 spiro atoms. The van der Waals surface area contributed by atoms with Crippen LogP contribution in [0.3, 0.4) is 0 Å². The van der Waals surface area contributed by atoms with E-state index in [0.717, 1.165) is 68.4 Å². The van der Waals surface area contributed by atoms with Gasteiger partial charge in [-0.05, 0) is 67.7 Å². The Hall–Kier alpha value is -1.96. The highest BCUT2D eigenvalue weighted by molar-refractivity contribution is 7.92. The number of benzene rings is 1. The number of piperidine rings is 1. The van der Waals surface area contributed by atoms with Gasteiger partial charge in [0.15, 0.2) is 0 Å². The number of aromatic nitrogens is 1. The molecule has 1 aromatic heterocycles. The number of sulfonamides is 1. The molecule has 2 N–H and O–H groups in total. The van der Waals surface area contributed by atoms with Gasteiger partial charge in [-0.25, -0.2) is 8.42 Å². The van der Waals surface area contributed by atoms with Crippen molar-refractivity contribution in [2.24, 2.45) is 5.41 Å². The first kappa shape index (κ1) is 19.4. The van der Waals surface area contributed by atoms with E-state index in [-0.39, 0.29) is 5.41 Å². The second-order valence-corrected chi connectivity index (χ2v) is 9.89. The van der Waals surface area contributed by atoms with Gasteiger partial charge in [-0.3, -0.25) is 9.71 Å². The maximum absolute atomic E-state index is 11.5. The molecule has 4 rings (SSSR count). The number of likely N-dealkylation sites (tertiary alicyclic amines) is 1. The number of rotatable bonds is 5. The molecule has 150 valence electrons. The van der Waals surface area contributed by atoms with Crippen molar-refractivity contribution in [1.82, 2.24) is 9.88 Å². The number of aliphatic hydroxyl groups excluding tert-OH is 1. The van der Waals surface area contributed by atoms with E-state index < -0.39 is 16.1 Å². The molecule has 7 heteroatoms. The highest BCUT2D eigenvalue weighted by Gasteiger charge is 2.46. The quantitative estimate of drug-likeness (QED) is 0.804. The molecule has 1 saturated heterocycles. The minimum atomic E-state index is -3.33. The van der Waals surface area contributed by atoms with Crippen molar-refractivity contribution in [3.63, 3.8) is 0 Å². The summed E-state index contributed by atoms with van der Waals surface area (Å²) in [6, 6.07) is 11.5. The summed E-state index contributed by atoms with van der Waals surface area (Å²) in [6.45, 7) is 2.91. The van der Waals surface area contributed by atoms with Gasteiger partial charge in [0.25, 0.3) is 0 Å². The fourth-order valence-corrected chi connectivity index (χ4v) is 5.14. The summed E-state index contributed by atoms with van der Waals surface area (Å²) in [5.41, 5.74) is 3.50. The van der Waals surface area contributed by atoms with Crippen molar-refractivity contribution in [1.29, 1.82) is 0 Å². The summed E-state index contributed by atoms with van der Waals surface area (Å²) in [5, 5.41) is 11.1. The Morgan fingerprint density at radius 2 is 2.04 bits per heavy atom. The van der Waals surface area contributed by atoms with E-state index >= 15 is 0 Å². The van der Waals surface area contributed by atoms with Gasteiger partial charge in [0, 0.05) is 36.0 Å². The van der Waals surface area contributed by atoms with Crippen LogP contribution < -0.4 is 4.72 Å². The number of anilines is 1. The molecule has 6 nitrogen and oxygen atoms in total. The largest absolute Gasteiger partial charge is 0.388 e. The van der Waals surface area contributed by atoms with Crippen molar-refractivity contribution in [2.45, 2.75) is 31.8 Å². The minimum absolute atomic E-state index is 0.131. The van der Waals surface area contributed by atoms with Gasteiger partial charge >= 0.3 is 0 Å². The molecule has 0 saturated carbocycles. The predicted octanol–water partition coefficient (Wildman–Crippen LogP) is 2.37. The number of nitrogens with one attached hydrogen (secondary N) is 1. The van der Waals surface area contributed by atoms with Crippen LogP contribution in [0.1, 0.15) is 35.8 Å². The van der Waals surface area contributed by atoms with Crippen molar-refractivity contribution in [3.8, 4) is 0 Å². The van der Waals surface area contributed by atoms with Crippen molar-refractivity contribution >= 4 is 15.7 Å². The van der Waals surface area contributed by atoms with Crippen LogP contribution in [0.5, 0.6) is 0 Å². The summed E-state index contributed by atoms with van der Waals surface area (Å²) in [6.07, 6.45) is 6.12. The van der Waals surface area contributed by atoms with Gasteiger partial charge < -0.3 is 10.0 Å². The third-order valence-electron chi connectivity index (χ3n) is 6.13. The molecule has 0 bridgehead atoms. The summed E-state index contributed by atoms with van der Waals surface area (Å²) >= 11 is 0. The molecule has 1 unspecified atom stereocenters. The normalized spacial score (nSPS) is 21.6. The third-order valence-corrected chi connectivity index (χ3v) is 6.73. The highest BCUT2D eigenvalue weighted by Crippen LogP contribution is 2.52. The molecule has 2 aromatic rings. The van der Waals surface area contributed by atoms with Gasteiger partial charge in [0.05, 0.1) is 12.4 Å². The molecular weight excluding hydrogens is 374 g/mol. The molecular formula is C21H27N3O3S. The molecule has 0 radical (unpaired) electrons. The zero-order valence-corrected chi connectivity index (χ0v) is 17.0. The molecule has 1 aromatic carbocycles. The van der Waals surface area contributed by atoms with E-state index in [2.05, 4.69) is 20.7 Å². The molecule has 1 aliphatic carbocycles. The van der Waals surface area contributed by atoms with Crippen LogP contribution in [-0.4, -0.2) is 49.3 Å². The van der Waals surface area contributed by atoms with Crippen LogP contribution in [0.2, 0.25) is 0 Å². The Labute approximate surface area is 166 Å². The lowest BCUT2D eigenvalue weighted by Gasteiger charge is -2.41. The highest BCUT2D eigenvalue weighted by atomic mass is 32.2. The Morgan fingerprint density at radius 1 is 1.25 bits per heavy atom. The topological polar surface area (TPSA) is 82.5 Å². The van der Waals surface area contributed by atoms with Crippen LogP contribution in [0.4, 0.5) is 5.69 Å². The van der Waals surface area contributed by atoms with Crippen molar-refractivity contribution in [3.05, 3.63) is 59.4 Å². The van der Waals surface area contributed by atoms with E-state index in [9.17, 15) is 13.5 Å². The molecule has 1 atom stereocenters. The summed E-state index contributed by atoms with van der Waals surface area (Å²) in [4.78, 5) is 6.84. The number of aliphatic hydroxyl groups is 1. The number of nitrogens with zero attached hydrogens (tertiary/aromatic N) is 2. The number of hydrogen-bond acceptors (Lipinski definition) is 5. The van der Waals surface area contributed by atoms with Crippen LogP contribution in [-0.2, 0) is 22.9 Å². The molecule has 2 aliphatic rings. The van der Waals surface area contributed by atoms with Gasteiger partial charge in [-0.15, -0.1) is 0 Å². The summed E-state index contributed by atoms with van der Waals surface area (Å²) in [7, 11) is -3.33. The predicted molar refractivity (Wildman–Crippen MR) is 110 cm³/mol. The van der Waals surface area contributed by atoms with Crippen LogP contribution >= 0.6 is 0 Å². The van der Waals surface area contributed by atoms with Crippen LogP contribution in [0.15, 0.2) is 42.6 Å². The monoisotopic (exact) mass is 401 g/mol. The second kappa shape index (κ2) is 7.46. The van der Waals surface area contributed by atoms with Crippen LogP contribution in [0.25, 0.3) is 0 Å².